The standard InChI is InChI=1S/C4H8ClN5O/c1-9-8-6-3-10(9)7-4(11)2-5/h3,8H,2H2,1H3,(H,7,11). The maximum atomic E-state index is 10.7. The van der Waals surface area contributed by atoms with Crippen LogP contribution in [-0.4, -0.2) is 35.4 Å². The Kier molecular flexibility index (Phi) is 2.50. The Morgan fingerprint density at radius 2 is 2.64 bits per heavy atom. The minimum absolute atomic E-state index is 0.0713. The summed E-state index contributed by atoms with van der Waals surface area (Å²) in [5.41, 5.74) is 5.02. The number of amides is 1. The lowest BCUT2D eigenvalue weighted by Crippen LogP contribution is -2.50. The molecule has 6 nitrogen and oxygen atoms in total. The highest BCUT2D eigenvalue weighted by atomic mass is 35.5. The summed E-state index contributed by atoms with van der Waals surface area (Å²) in [7, 11) is 1.70. The molecule has 0 unspecified atom stereocenters. The van der Waals surface area contributed by atoms with Crippen molar-refractivity contribution < 1.29 is 4.79 Å². The Bertz CT molecular complexity index is 183. The van der Waals surface area contributed by atoms with Crippen molar-refractivity contribution in [2.24, 2.45) is 5.10 Å². The van der Waals surface area contributed by atoms with Gasteiger partial charge in [-0.05, 0) is 0 Å². The molecule has 0 atom stereocenters. The maximum Gasteiger partial charge on any atom is 0.254 e. The van der Waals surface area contributed by atoms with Crippen molar-refractivity contribution in [3.8, 4) is 0 Å². The predicted molar refractivity (Wildman–Crippen MR) is 40.1 cm³/mol. The van der Waals surface area contributed by atoms with Gasteiger partial charge in [0.15, 0.2) is 6.34 Å². The van der Waals surface area contributed by atoms with Gasteiger partial charge >= 0.3 is 0 Å². The molecule has 0 saturated carbocycles. The van der Waals surface area contributed by atoms with Crippen molar-refractivity contribution in [1.82, 2.24) is 21.2 Å². The van der Waals surface area contributed by atoms with Crippen molar-refractivity contribution in [3.05, 3.63) is 0 Å². The summed E-state index contributed by atoms with van der Waals surface area (Å²) in [5, 5.41) is 6.52. The Morgan fingerprint density at radius 1 is 1.91 bits per heavy atom. The van der Waals surface area contributed by atoms with Crippen molar-refractivity contribution >= 4 is 23.8 Å². The first-order valence-corrected chi connectivity index (χ1v) is 3.44. The van der Waals surface area contributed by atoms with E-state index in [2.05, 4.69) is 16.1 Å². The van der Waals surface area contributed by atoms with E-state index < -0.39 is 0 Å². The normalized spacial score (nSPS) is 16.7. The zero-order valence-electron chi connectivity index (χ0n) is 5.91. The minimum atomic E-state index is -0.284. The number of halogens is 1. The molecule has 2 N–H and O–H groups in total. The summed E-state index contributed by atoms with van der Waals surface area (Å²) in [6.07, 6.45) is 1.42. The largest absolute Gasteiger partial charge is 0.272 e. The van der Waals surface area contributed by atoms with E-state index in [9.17, 15) is 4.79 Å². The van der Waals surface area contributed by atoms with E-state index in [-0.39, 0.29) is 11.8 Å². The van der Waals surface area contributed by atoms with Crippen LogP contribution in [0.2, 0.25) is 0 Å². The highest BCUT2D eigenvalue weighted by Gasteiger charge is 2.13. The summed E-state index contributed by atoms with van der Waals surface area (Å²) >= 11 is 5.26. The molecule has 1 aliphatic heterocycles. The van der Waals surface area contributed by atoms with Gasteiger partial charge in [0.2, 0.25) is 0 Å². The number of hydrazine groups is 3. The molecular formula is C4H8ClN5O. The quantitative estimate of drug-likeness (QED) is 0.524. The smallest absolute Gasteiger partial charge is 0.254 e. The Balaban J connectivity index is 2.36. The molecule has 62 valence electrons. The molecule has 0 aliphatic carbocycles. The van der Waals surface area contributed by atoms with Gasteiger partial charge in [-0.25, -0.2) is 11.0 Å². The molecule has 1 rings (SSSR count). The minimum Gasteiger partial charge on any atom is -0.272 e. The number of alkyl halides is 1. The lowest BCUT2D eigenvalue weighted by molar-refractivity contribution is -0.127. The van der Waals surface area contributed by atoms with Gasteiger partial charge in [-0.1, -0.05) is 0 Å². The molecule has 0 aromatic rings. The molecule has 0 aromatic carbocycles. The van der Waals surface area contributed by atoms with Crippen LogP contribution in [-0.2, 0) is 4.79 Å². The van der Waals surface area contributed by atoms with Gasteiger partial charge in [0.05, 0.1) is 0 Å². The topological polar surface area (TPSA) is 60.0 Å². The van der Waals surface area contributed by atoms with Crippen molar-refractivity contribution in [1.29, 1.82) is 0 Å². The molecule has 11 heavy (non-hydrogen) atoms. The number of rotatable bonds is 2. The number of hydrogen-bond donors (Lipinski definition) is 2. The van der Waals surface area contributed by atoms with Crippen LogP contribution in [0.3, 0.4) is 0 Å². The second kappa shape index (κ2) is 3.40. The van der Waals surface area contributed by atoms with Crippen LogP contribution in [0.1, 0.15) is 0 Å². The van der Waals surface area contributed by atoms with Gasteiger partial charge in [-0.2, -0.15) is 5.12 Å². The highest BCUT2D eigenvalue weighted by Crippen LogP contribution is 1.89. The van der Waals surface area contributed by atoms with Gasteiger partial charge in [-0.15, -0.1) is 21.8 Å². The van der Waals surface area contributed by atoms with Gasteiger partial charge in [0.25, 0.3) is 5.91 Å². The van der Waals surface area contributed by atoms with Crippen LogP contribution >= 0.6 is 11.6 Å². The van der Waals surface area contributed by atoms with Crippen LogP contribution in [0.5, 0.6) is 0 Å². The number of carbonyl (C=O) groups excluding carboxylic acids is 1. The molecule has 1 heterocycles. The average Bonchev–Trinajstić information content (AvgIpc) is 2.37. The van der Waals surface area contributed by atoms with E-state index in [0.717, 1.165) is 0 Å². The fourth-order valence-electron chi connectivity index (χ4n) is 0.551. The number of nitrogens with one attached hydrogen (secondary N) is 2. The fourth-order valence-corrected chi connectivity index (χ4v) is 0.611. The number of hydrogen-bond acceptors (Lipinski definition) is 5. The zero-order chi connectivity index (χ0) is 8.27. The molecule has 0 bridgehead atoms. The van der Waals surface area contributed by atoms with E-state index in [0.29, 0.717) is 0 Å². The van der Waals surface area contributed by atoms with Crippen molar-refractivity contribution in [2.45, 2.75) is 0 Å². The third-order valence-corrected chi connectivity index (χ3v) is 1.30. The van der Waals surface area contributed by atoms with Crippen LogP contribution in [0, 0.1) is 0 Å². The summed E-state index contributed by atoms with van der Waals surface area (Å²) in [5.74, 6) is -0.355. The highest BCUT2D eigenvalue weighted by molar-refractivity contribution is 6.27. The monoisotopic (exact) mass is 177 g/mol. The van der Waals surface area contributed by atoms with E-state index in [1.54, 1.807) is 7.05 Å². The SMILES string of the molecule is CN1NN=CN1NC(=O)CCl. The lowest BCUT2D eigenvalue weighted by atomic mass is 10.7. The molecule has 0 spiro atoms. The average molecular weight is 178 g/mol. The maximum absolute atomic E-state index is 10.7. The molecule has 1 amide bonds. The van der Waals surface area contributed by atoms with Crippen LogP contribution < -0.4 is 11.0 Å². The number of nitrogens with zero attached hydrogens (tertiary/aromatic N) is 3. The van der Waals surface area contributed by atoms with Crippen LogP contribution in [0.15, 0.2) is 5.10 Å². The number of hydrazone groups is 1. The third-order valence-electron chi connectivity index (χ3n) is 1.05. The first-order chi connectivity index (χ1) is 5.24. The Labute approximate surface area is 68.7 Å². The van der Waals surface area contributed by atoms with Crippen molar-refractivity contribution in [3.63, 3.8) is 0 Å². The molecule has 0 fully saturated rings. The van der Waals surface area contributed by atoms with Gasteiger partial charge in [0.1, 0.15) is 5.88 Å². The molecule has 0 aromatic heterocycles. The fraction of sp³-hybridized carbons (Fsp3) is 0.500. The third kappa shape index (κ3) is 1.95. The second-order valence-corrected chi connectivity index (χ2v) is 2.15. The molecule has 1 aliphatic rings. The van der Waals surface area contributed by atoms with Crippen LogP contribution in [0.25, 0.3) is 0 Å². The Hall–Kier alpha value is -1.01. The molecular weight excluding hydrogens is 170 g/mol. The van der Waals surface area contributed by atoms with E-state index >= 15 is 0 Å². The lowest BCUT2D eigenvalue weighted by Gasteiger charge is -2.21. The molecule has 7 heteroatoms. The van der Waals surface area contributed by atoms with E-state index in [1.165, 1.54) is 16.6 Å². The van der Waals surface area contributed by atoms with E-state index in [1.807, 2.05) is 0 Å². The summed E-state index contributed by atoms with van der Waals surface area (Å²) in [4.78, 5) is 10.7. The molecule has 0 radical (unpaired) electrons. The second-order valence-electron chi connectivity index (χ2n) is 1.88. The van der Waals surface area contributed by atoms with Gasteiger partial charge in [0, 0.05) is 7.05 Å². The zero-order valence-corrected chi connectivity index (χ0v) is 6.67. The van der Waals surface area contributed by atoms with Gasteiger partial charge in [-0.3, -0.25) is 4.79 Å². The van der Waals surface area contributed by atoms with E-state index in [4.69, 9.17) is 11.6 Å². The molecule has 0 saturated heterocycles. The number of carbonyl (C=O) groups is 1. The summed E-state index contributed by atoms with van der Waals surface area (Å²) in [6, 6.07) is 0. The first-order valence-electron chi connectivity index (χ1n) is 2.91. The Morgan fingerprint density at radius 3 is 3.09 bits per heavy atom. The predicted octanol–water partition coefficient (Wildman–Crippen LogP) is -1.13. The summed E-state index contributed by atoms with van der Waals surface area (Å²) < 4.78 is 0. The van der Waals surface area contributed by atoms with Gasteiger partial charge < -0.3 is 0 Å². The summed E-state index contributed by atoms with van der Waals surface area (Å²) in [6.45, 7) is 0. The van der Waals surface area contributed by atoms with Crippen LogP contribution in [0.4, 0.5) is 0 Å². The van der Waals surface area contributed by atoms with Crippen molar-refractivity contribution in [2.75, 3.05) is 12.9 Å². The first kappa shape index (κ1) is 8.09.